The van der Waals surface area contributed by atoms with Gasteiger partial charge in [-0.1, -0.05) is 86.1 Å². The van der Waals surface area contributed by atoms with Crippen LogP contribution in [0.5, 0.6) is 0 Å². The number of urea groups is 1. The maximum absolute atomic E-state index is 14.4. The van der Waals surface area contributed by atoms with Crippen molar-refractivity contribution in [3.05, 3.63) is 47.3 Å². The first-order valence-electron chi connectivity index (χ1n) is 20.3. The minimum absolute atomic E-state index is 0.0166. The molecule has 2 aromatic rings. The molecule has 1 aromatic heterocycles. The van der Waals surface area contributed by atoms with Gasteiger partial charge < -0.3 is 31.3 Å². The maximum atomic E-state index is 14.4. The monoisotopic (exact) mass is 736 g/mol. The number of aliphatic hydroxyl groups is 1. The molecule has 3 fully saturated rings. The van der Waals surface area contributed by atoms with E-state index in [9.17, 15) is 24.3 Å². The number of hydrogen-bond acceptors (Lipinski definition) is 6. The third-order valence-electron chi connectivity index (χ3n) is 11.6. The van der Waals surface area contributed by atoms with Crippen molar-refractivity contribution in [2.24, 2.45) is 24.8 Å². The van der Waals surface area contributed by atoms with Gasteiger partial charge >= 0.3 is 6.03 Å². The highest BCUT2D eigenvalue weighted by Crippen LogP contribution is 2.39. The van der Waals surface area contributed by atoms with Crippen LogP contribution in [-0.4, -0.2) is 80.4 Å². The molecular weight excluding hydrogens is 670 g/mol. The highest BCUT2D eigenvalue weighted by molar-refractivity contribution is 6.01. The number of aromatic nitrogens is 2. The van der Waals surface area contributed by atoms with Crippen LogP contribution in [0.3, 0.4) is 0 Å². The molecule has 3 aliphatic carbocycles. The molecule has 4 aliphatic rings. The highest BCUT2D eigenvalue weighted by Gasteiger charge is 2.54. The van der Waals surface area contributed by atoms with Crippen molar-refractivity contribution in [1.29, 1.82) is 0 Å². The Labute approximate surface area is 316 Å². The molecule has 1 saturated heterocycles. The van der Waals surface area contributed by atoms with E-state index in [1.165, 1.54) is 11.1 Å². The number of aryl methyl sites for hydroxylation is 1. The Morgan fingerprint density at radius 2 is 1.53 bits per heavy atom. The van der Waals surface area contributed by atoms with Gasteiger partial charge in [0.15, 0.2) is 0 Å². The lowest BCUT2D eigenvalue weighted by Gasteiger charge is -2.39. The predicted molar refractivity (Wildman–Crippen MR) is 208 cm³/mol. The Bertz CT molecular complexity index is 1530. The Hall–Kier alpha value is -3.93. The molecule has 2 heterocycles. The van der Waals surface area contributed by atoms with Gasteiger partial charge in [-0.25, -0.2) is 4.79 Å². The van der Waals surface area contributed by atoms with Crippen LogP contribution in [0.2, 0.25) is 0 Å². The highest BCUT2D eigenvalue weighted by atomic mass is 16.3. The number of nitrogens with one attached hydrogen (secondary N) is 4. The van der Waals surface area contributed by atoms with E-state index in [1.807, 2.05) is 45.9 Å². The normalized spacial score (nSPS) is 22.7. The van der Waals surface area contributed by atoms with E-state index in [0.717, 1.165) is 68.9 Å². The summed E-state index contributed by atoms with van der Waals surface area (Å²) in [6, 6.07) is 5.89. The molecule has 12 heteroatoms. The fraction of sp³-hybridized carbons (Fsp3) is 0.683. The molecule has 6 rings (SSSR count). The lowest BCUT2D eigenvalue weighted by Crippen LogP contribution is -2.63. The second-order valence-electron chi connectivity index (χ2n) is 15.1. The first-order chi connectivity index (χ1) is 25.6. The largest absolute Gasteiger partial charge is 0.394 e. The van der Waals surface area contributed by atoms with Crippen LogP contribution in [0.1, 0.15) is 127 Å². The summed E-state index contributed by atoms with van der Waals surface area (Å²) in [5.74, 6) is -0.439. The van der Waals surface area contributed by atoms with Gasteiger partial charge in [-0.05, 0) is 72.8 Å². The summed E-state index contributed by atoms with van der Waals surface area (Å²) in [4.78, 5) is 56.8. The minimum Gasteiger partial charge on any atom is -0.394 e. The quantitative estimate of drug-likeness (QED) is 0.198. The van der Waals surface area contributed by atoms with E-state index in [0.29, 0.717) is 30.8 Å². The van der Waals surface area contributed by atoms with E-state index >= 15 is 0 Å². The number of aliphatic hydroxyl groups excluding tert-OH is 1. The van der Waals surface area contributed by atoms with E-state index in [1.54, 1.807) is 24.2 Å². The van der Waals surface area contributed by atoms with E-state index < -0.39 is 11.6 Å². The van der Waals surface area contributed by atoms with Crippen LogP contribution < -0.4 is 21.3 Å². The zero-order valence-corrected chi connectivity index (χ0v) is 33.2. The van der Waals surface area contributed by atoms with Crippen LogP contribution in [0, 0.1) is 17.8 Å². The molecule has 0 bridgehead atoms. The molecule has 12 nitrogen and oxygen atoms in total. The van der Waals surface area contributed by atoms with Gasteiger partial charge in [-0.2, -0.15) is 5.10 Å². The van der Waals surface area contributed by atoms with Gasteiger partial charge in [0.05, 0.1) is 18.7 Å². The first-order valence-corrected chi connectivity index (χ1v) is 20.3. The van der Waals surface area contributed by atoms with Crippen molar-refractivity contribution in [1.82, 2.24) is 30.6 Å². The molecule has 2 saturated carbocycles. The summed E-state index contributed by atoms with van der Waals surface area (Å²) in [7, 11) is 1.70. The molecule has 0 spiro atoms. The fourth-order valence-corrected chi connectivity index (χ4v) is 8.56. The average molecular weight is 736 g/mol. The van der Waals surface area contributed by atoms with Crippen LogP contribution in [0.15, 0.2) is 30.5 Å². The van der Waals surface area contributed by atoms with Gasteiger partial charge in [-0.3, -0.25) is 19.1 Å². The van der Waals surface area contributed by atoms with Gasteiger partial charge in [0.25, 0.3) is 5.91 Å². The maximum Gasteiger partial charge on any atom is 0.318 e. The third kappa shape index (κ3) is 9.60. The second kappa shape index (κ2) is 19.4. The Kier molecular flexibility index (Phi) is 15.3. The molecule has 4 atom stereocenters. The van der Waals surface area contributed by atoms with Gasteiger partial charge in [0.2, 0.25) is 11.8 Å². The number of hydrogen-bond donors (Lipinski definition) is 5. The molecule has 1 aliphatic heterocycles. The second-order valence-corrected chi connectivity index (χ2v) is 15.1. The van der Waals surface area contributed by atoms with Crippen molar-refractivity contribution in [2.75, 3.05) is 18.5 Å². The lowest BCUT2D eigenvalue weighted by atomic mass is 9.83. The molecule has 294 valence electrons. The van der Waals surface area contributed by atoms with Crippen molar-refractivity contribution in [3.8, 4) is 0 Å². The van der Waals surface area contributed by atoms with E-state index in [2.05, 4.69) is 40.2 Å². The number of nitrogens with zero attached hydrogens (tertiary/aromatic N) is 3. The number of amides is 5. The summed E-state index contributed by atoms with van der Waals surface area (Å²) in [6.45, 7) is 12.4. The van der Waals surface area contributed by atoms with Crippen LogP contribution >= 0.6 is 0 Å². The smallest absolute Gasteiger partial charge is 0.318 e. The molecule has 0 radical (unpaired) electrons. The summed E-state index contributed by atoms with van der Waals surface area (Å²) < 4.78 is 1.50. The van der Waals surface area contributed by atoms with Crippen LogP contribution in [0.4, 0.5) is 10.5 Å². The van der Waals surface area contributed by atoms with Crippen molar-refractivity contribution in [2.45, 2.75) is 142 Å². The number of carbonyl (C=O) groups is 4. The topological polar surface area (TPSA) is 158 Å². The number of carbonyl (C=O) groups excluding carboxylic acids is 4. The van der Waals surface area contributed by atoms with Crippen LogP contribution in [0.25, 0.3) is 0 Å². The summed E-state index contributed by atoms with van der Waals surface area (Å²) in [5, 5.41) is 26.8. The number of rotatable bonds is 11. The van der Waals surface area contributed by atoms with Gasteiger partial charge in [0.1, 0.15) is 17.3 Å². The lowest BCUT2D eigenvalue weighted by molar-refractivity contribution is -0.133. The number of benzene rings is 1. The molecule has 53 heavy (non-hydrogen) atoms. The average Bonchev–Trinajstić information content (AvgIpc) is 3.91. The summed E-state index contributed by atoms with van der Waals surface area (Å²) in [6.07, 6.45) is 12.3. The van der Waals surface area contributed by atoms with E-state index in [-0.39, 0.29) is 60.2 Å². The summed E-state index contributed by atoms with van der Waals surface area (Å²) in [5.41, 5.74) is 1.64. The van der Waals surface area contributed by atoms with Crippen molar-refractivity contribution in [3.63, 3.8) is 0 Å². The molecule has 5 amide bonds. The standard InChI is InChI=1S/C37H53N7O5.2C2H6/c1-23(2)29-21-44(36(49)41-29)37(35(48)40-30(22-45)24-10-6-4-7-11-24)19-26-14-15-28(18-27(26)20-37)39-34(47)32(25-12-8-5-9-13-25)42-33(46)31-16-17-38-43(31)3;2*1-2/h14-18,23-25,29-30,32,45H,4-13,19-22H2,1-3H3,(H,39,47)(H,40,48)(H,41,49)(H,42,46);2*1-2H3. The van der Waals surface area contributed by atoms with Crippen molar-refractivity contribution < 1.29 is 24.3 Å². The zero-order chi connectivity index (χ0) is 38.7. The number of fused-ring (bicyclic) bond motifs is 1. The molecular formula is C41H65N7O5. The first kappa shape index (κ1) is 41.8. The molecule has 4 unspecified atom stereocenters. The SMILES string of the molecule is CC.CC.CC(C)C1CN(C2(C(=O)NC(CO)C3CCCCC3)Cc3ccc(NC(=O)C(NC(=O)c4ccnn4C)C4CCCCC4)cc3C2)C(=O)N1. The zero-order valence-electron chi connectivity index (χ0n) is 33.2. The minimum atomic E-state index is -1.16. The fourth-order valence-electron chi connectivity index (χ4n) is 8.56. The number of anilines is 1. The Morgan fingerprint density at radius 1 is 0.906 bits per heavy atom. The predicted octanol–water partition coefficient (Wildman–Crippen LogP) is 5.73. The molecule has 5 N–H and O–H groups in total. The van der Waals surface area contributed by atoms with Gasteiger partial charge in [0, 0.05) is 38.3 Å². The van der Waals surface area contributed by atoms with Gasteiger partial charge in [-0.15, -0.1) is 0 Å². The van der Waals surface area contributed by atoms with E-state index in [4.69, 9.17) is 0 Å². The Morgan fingerprint density at radius 3 is 2.09 bits per heavy atom. The third-order valence-corrected chi connectivity index (χ3v) is 11.6. The Balaban J connectivity index is 0.00000152. The van der Waals surface area contributed by atoms with Crippen LogP contribution in [-0.2, 0) is 29.5 Å². The molecule has 1 aromatic carbocycles. The van der Waals surface area contributed by atoms with Crippen molar-refractivity contribution >= 4 is 29.4 Å². The summed E-state index contributed by atoms with van der Waals surface area (Å²) >= 11 is 0.